The number of hydrogen-bond acceptors (Lipinski definition) is 6. The van der Waals surface area contributed by atoms with Gasteiger partial charge in [0.05, 0.1) is 29.3 Å². The summed E-state index contributed by atoms with van der Waals surface area (Å²) in [6.07, 6.45) is 3.06. The maximum absolute atomic E-state index is 12.4. The van der Waals surface area contributed by atoms with Crippen molar-refractivity contribution in [2.45, 2.75) is 31.9 Å². The number of piperidine rings is 1. The van der Waals surface area contributed by atoms with Gasteiger partial charge < -0.3 is 15.3 Å². The quantitative estimate of drug-likeness (QED) is 0.840. The molecule has 2 aromatic rings. The molecule has 2 aromatic heterocycles. The smallest absolute Gasteiger partial charge is 0.251 e. The first-order chi connectivity index (χ1) is 12.0. The summed E-state index contributed by atoms with van der Waals surface area (Å²) in [7, 11) is 0. The van der Waals surface area contributed by atoms with E-state index in [1.807, 2.05) is 12.3 Å². The summed E-state index contributed by atoms with van der Waals surface area (Å²) in [6.45, 7) is 2.61. The Morgan fingerprint density at radius 2 is 2.16 bits per heavy atom. The molecule has 0 radical (unpaired) electrons. The van der Waals surface area contributed by atoms with Crippen molar-refractivity contribution in [2.24, 2.45) is 0 Å². The van der Waals surface area contributed by atoms with Gasteiger partial charge in [0.25, 0.3) is 5.91 Å². The fourth-order valence-corrected chi connectivity index (χ4v) is 3.45. The van der Waals surface area contributed by atoms with E-state index in [4.69, 9.17) is 0 Å². The van der Waals surface area contributed by atoms with Gasteiger partial charge in [-0.15, -0.1) is 11.3 Å². The monoisotopic (exact) mass is 360 g/mol. The molecule has 3 rings (SSSR count). The van der Waals surface area contributed by atoms with Crippen molar-refractivity contribution in [1.82, 2.24) is 20.2 Å². The molecule has 1 saturated heterocycles. The van der Waals surface area contributed by atoms with Gasteiger partial charge in [0.15, 0.2) is 0 Å². The largest absolute Gasteiger partial charge is 0.389 e. The molecule has 2 atom stereocenters. The fraction of sp³-hybridized carbons (Fsp3) is 0.412. The van der Waals surface area contributed by atoms with Crippen molar-refractivity contribution in [3.8, 4) is 0 Å². The number of aromatic nitrogens is 2. The Hall–Kier alpha value is -2.32. The molecule has 1 aliphatic heterocycles. The van der Waals surface area contributed by atoms with Crippen LogP contribution in [0.25, 0.3) is 0 Å². The normalized spacial score (nSPS) is 20.3. The van der Waals surface area contributed by atoms with Gasteiger partial charge >= 0.3 is 0 Å². The number of aliphatic hydroxyl groups is 1. The summed E-state index contributed by atoms with van der Waals surface area (Å²) in [5, 5.41) is 16.0. The molecule has 2 N–H and O–H groups in total. The maximum atomic E-state index is 12.4. The molecular weight excluding hydrogens is 340 g/mol. The first-order valence-corrected chi connectivity index (χ1v) is 8.98. The van der Waals surface area contributed by atoms with Crippen molar-refractivity contribution in [1.29, 1.82) is 0 Å². The summed E-state index contributed by atoms with van der Waals surface area (Å²) >= 11 is 1.52. The van der Waals surface area contributed by atoms with Crippen LogP contribution in [-0.4, -0.2) is 57.0 Å². The highest BCUT2D eigenvalue weighted by atomic mass is 32.1. The summed E-state index contributed by atoms with van der Waals surface area (Å²) in [6, 6.07) is 2.87. The lowest BCUT2D eigenvalue weighted by Gasteiger charge is -2.36. The number of aliphatic hydroxyl groups excluding tert-OH is 1. The molecule has 25 heavy (non-hydrogen) atoms. The zero-order valence-electron chi connectivity index (χ0n) is 13.9. The average molecular weight is 360 g/mol. The molecule has 0 aromatic carbocycles. The molecule has 8 heteroatoms. The van der Waals surface area contributed by atoms with E-state index in [9.17, 15) is 14.7 Å². The van der Waals surface area contributed by atoms with Crippen LogP contribution >= 0.6 is 11.3 Å². The van der Waals surface area contributed by atoms with Crippen molar-refractivity contribution in [3.63, 3.8) is 0 Å². The predicted molar refractivity (Wildman–Crippen MR) is 93.3 cm³/mol. The van der Waals surface area contributed by atoms with E-state index in [1.165, 1.54) is 11.3 Å². The SMILES string of the molecule is Cc1nc(CC(=O)N2CC[C@@H](NC(=O)c3ccncc3)[C@H](O)C2)cs1. The number of amides is 2. The number of pyridine rings is 1. The van der Waals surface area contributed by atoms with Crippen LogP contribution in [-0.2, 0) is 11.2 Å². The van der Waals surface area contributed by atoms with Gasteiger partial charge in [-0.25, -0.2) is 4.98 Å². The Kier molecular flexibility index (Phi) is 5.40. The zero-order chi connectivity index (χ0) is 17.8. The summed E-state index contributed by atoms with van der Waals surface area (Å²) in [5.74, 6) is -0.299. The molecule has 132 valence electrons. The lowest BCUT2D eigenvalue weighted by molar-refractivity contribution is -0.134. The first kappa shape index (κ1) is 17.5. The molecule has 0 unspecified atom stereocenters. The molecule has 1 fully saturated rings. The lowest BCUT2D eigenvalue weighted by atomic mass is 10.0. The summed E-state index contributed by atoms with van der Waals surface area (Å²) in [5.41, 5.74) is 1.26. The van der Waals surface area contributed by atoms with Crippen LogP contribution in [0.1, 0.15) is 27.5 Å². The number of nitrogens with one attached hydrogen (secondary N) is 1. The van der Waals surface area contributed by atoms with Crippen LogP contribution in [0, 0.1) is 6.92 Å². The van der Waals surface area contributed by atoms with Crippen LogP contribution in [0.2, 0.25) is 0 Å². The third kappa shape index (κ3) is 4.40. The van der Waals surface area contributed by atoms with Crippen LogP contribution in [0.4, 0.5) is 0 Å². The molecule has 0 spiro atoms. The van der Waals surface area contributed by atoms with Gasteiger partial charge in [-0.05, 0) is 25.5 Å². The number of nitrogens with zero attached hydrogens (tertiary/aromatic N) is 3. The Morgan fingerprint density at radius 1 is 1.40 bits per heavy atom. The van der Waals surface area contributed by atoms with Gasteiger partial charge in [0, 0.05) is 36.4 Å². The van der Waals surface area contributed by atoms with Crippen LogP contribution in [0.3, 0.4) is 0 Å². The van der Waals surface area contributed by atoms with Gasteiger partial charge in [0.2, 0.25) is 5.91 Å². The number of rotatable bonds is 4. The molecule has 1 aliphatic rings. The molecule has 0 aliphatic carbocycles. The van der Waals surface area contributed by atoms with E-state index in [0.29, 0.717) is 18.5 Å². The third-order valence-corrected chi connectivity index (χ3v) is 5.01. The fourth-order valence-electron chi connectivity index (χ4n) is 2.84. The van der Waals surface area contributed by atoms with Gasteiger partial charge in [-0.3, -0.25) is 14.6 Å². The average Bonchev–Trinajstić information content (AvgIpc) is 3.02. The predicted octanol–water partition coefficient (Wildman–Crippen LogP) is 0.781. The van der Waals surface area contributed by atoms with Crippen molar-refractivity contribution < 1.29 is 14.7 Å². The van der Waals surface area contributed by atoms with Gasteiger partial charge in [-0.2, -0.15) is 0 Å². The summed E-state index contributed by atoms with van der Waals surface area (Å²) < 4.78 is 0. The second kappa shape index (κ2) is 7.71. The van der Waals surface area contributed by atoms with E-state index in [1.54, 1.807) is 29.4 Å². The highest BCUT2D eigenvalue weighted by Crippen LogP contribution is 2.15. The first-order valence-electron chi connectivity index (χ1n) is 8.10. The molecule has 2 amide bonds. The third-order valence-electron chi connectivity index (χ3n) is 4.19. The highest BCUT2D eigenvalue weighted by molar-refractivity contribution is 7.09. The van der Waals surface area contributed by atoms with Crippen LogP contribution in [0.5, 0.6) is 0 Å². The van der Waals surface area contributed by atoms with E-state index < -0.39 is 6.10 Å². The Morgan fingerprint density at radius 3 is 2.80 bits per heavy atom. The number of carbonyl (C=O) groups is 2. The van der Waals surface area contributed by atoms with Crippen molar-refractivity contribution in [3.05, 3.63) is 46.2 Å². The molecule has 3 heterocycles. The minimum absolute atomic E-state index is 0.0525. The van der Waals surface area contributed by atoms with E-state index in [0.717, 1.165) is 10.7 Å². The maximum Gasteiger partial charge on any atom is 0.251 e. The number of β-amino-alcohol motifs (C(OH)–C–C–N with tert-alkyl or cyclic N) is 1. The molecule has 0 bridgehead atoms. The second-order valence-corrected chi connectivity index (χ2v) is 7.11. The van der Waals surface area contributed by atoms with Crippen LogP contribution < -0.4 is 5.32 Å². The Balaban J connectivity index is 1.53. The Bertz CT molecular complexity index is 749. The summed E-state index contributed by atoms with van der Waals surface area (Å²) in [4.78, 5) is 34.3. The van der Waals surface area contributed by atoms with E-state index in [2.05, 4.69) is 15.3 Å². The van der Waals surface area contributed by atoms with Gasteiger partial charge in [-0.1, -0.05) is 0 Å². The number of thiazole rings is 1. The number of carbonyl (C=O) groups excluding carboxylic acids is 2. The number of aryl methyl sites for hydroxylation is 1. The van der Waals surface area contributed by atoms with Crippen molar-refractivity contribution in [2.75, 3.05) is 13.1 Å². The molecule has 0 saturated carbocycles. The zero-order valence-corrected chi connectivity index (χ0v) is 14.7. The highest BCUT2D eigenvalue weighted by Gasteiger charge is 2.31. The topological polar surface area (TPSA) is 95.4 Å². The Labute approximate surface area is 149 Å². The van der Waals surface area contributed by atoms with Gasteiger partial charge in [0.1, 0.15) is 0 Å². The number of hydrogen-bond donors (Lipinski definition) is 2. The van der Waals surface area contributed by atoms with E-state index in [-0.39, 0.29) is 30.8 Å². The van der Waals surface area contributed by atoms with Crippen molar-refractivity contribution >= 4 is 23.2 Å². The second-order valence-electron chi connectivity index (χ2n) is 6.05. The lowest BCUT2D eigenvalue weighted by Crippen LogP contribution is -2.55. The molecule has 7 nitrogen and oxygen atoms in total. The minimum atomic E-state index is -0.791. The number of likely N-dealkylation sites (tertiary alicyclic amines) is 1. The van der Waals surface area contributed by atoms with E-state index >= 15 is 0 Å². The standard InChI is InChI=1S/C17H20N4O3S/c1-11-19-13(10-25-11)8-16(23)21-7-4-14(15(22)9-21)20-17(24)12-2-5-18-6-3-12/h2-3,5-6,10,14-15,22H,4,7-9H2,1H3,(H,20,24)/t14-,15-/m1/s1. The minimum Gasteiger partial charge on any atom is -0.389 e. The molecular formula is C17H20N4O3S. The van der Waals surface area contributed by atoms with Crippen LogP contribution in [0.15, 0.2) is 29.9 Å².